The zero-order chi connectivity index (χ0) is 14.1. The molecule has 0 saturated carbocycles. The molecule has 0 aliphatic carbocycles. The molecular formula is C16H18FN3. The maximum absolute atomic E-state index is 13.1. The van der Waals surface area contributed by atoms with Crippen molar-refractivity contribution in [1.29, 1.82) is 0 Å². The van der Waals surface area contributed by atoms with E-state index in [1.165, 1.54) is 17.7 Å². The van der Waals surface area contributed by atoms with Crippen molar-refractivity contribution in [2.45, 2.75) is 32.7 Å². The van der Waals surface area contributed by atoms with Gasteiger partial charge in [0.25, 0.3) is 0 Å². The van der Waals surface area contributed by atoms with Crippen LogP contribution in [0, 0.1) is 5.82 Å². The van der Waals surface area contributed by atoms with Crippen LogP contribution in [-0.2, 0) is 13.0 Å². The Morgan fingerprint density at radius 2 is 1.90 bits per heavy atom. The third-order valence-corrected chi connectivity index (χ3v) is 3.59. The fourth-order valence-corrected chi connectivity index (χ4v) is 2.48. The van der Waals surface area contributed by atoms with Gasteiger partial charge in [0.2, 0.25) is 0 Å². The number of nitrogens with one attached hydrogen (secondary N) is 1. The van der Waals surface area contributed by atoms with Crippen LogP contribution in [0.1, 0.15) is 36.8 Å². The Kier molecular flexibility index (Phi) is 3.49. The van der Waals surface area contributed by atoms with Crippen LogP contribution < -0.4 is 5.32 Å². The molecule has 104 valence electrons. The number of hydrogen-bond acceptors (Lipinski definition) is 3. The van der Waals surface area contributed by atoms with Gasteiger partial charge in [-0.05, 0) is 37.2 Å². The molecule has 0 saturated heterocycles. The quantitative estimate of drug-likeness (QED) is 0.912. The van der Waals surface area contributed by atoms with Crippen molar-refractivity contribution >= 4 is 0 Å². The first kappa shape index (κ1) is 13.2. The van der Waals surface area contributed by atoms with Gasteiger partial charge in [0, 0.05) is 23.6 Å². The van der Waals surface area contributed by atoms with E-state index < -0.39 is 0 Å². The Morgan fingerprint density at radius 1 is 1.15 bits per heavy atom. The molecule has 2 aromatic rings. The Morgan fingerprint density at radius 3 is 2.60 bits per heavy atom. The summed E-state index contributed by atoms with van der Waals surface area (Å²) in [5.41, 5.74) is 4.20. The Hall–Kier alpha value is -1.81. The molecule has 0 fully saturated rings. The van der Waals surface area contributed by atoms with Crippen LogP contribution in [0.4, 0.5) is 4.39 Å². The van der Waals surface area contributed by atoms with Gasteiger partial charge in [-0.3, -0.25) is 0 Å². The predicted octanol–water partition coefficient (Wildman–Crippen LogP) is 3.05. The van der Waals surface area contributed by atoms with Crippen molar-refractivity contribution in [3.63, 3.8) is 0 Å². The molecule has 1 N–H and O–H groups in total. The van der Waals surface area contributed by atoms with Crippen LogP contribution in [-0.4, -0.2) is 16.5 Å². The fourth-order valence-electron chi connectivity index (χ4n) is 2.48. The number of aromatic nitrogens is 2. The van der Waals surface area contributed by atoms with Gasteiger partial charge < -0.3 is 5.32 Å². The van der Waals surface area contributed by atoms with E-state index in [2.05, 4.69) is 24.1 Å². The zero-order valence-electron chi connectivity index (χ0n) is 11.8. The van der Waals surface area contributed by atoms with Crippen molar-refractivity contribution in [3.8, 4) is 11.3 Å². The molecular weight excluding hydrogens is 253 g/mol. The van der Waals surface area contributed by atoms with Crippen LogP contribution in [0.15, 0.2) is 24.3 Å². The predicted molar refractivity (Wildman–Crippen MR) is 76.9 cm³/mol. The third-order valence-electron chi connectivity index (χ3n) is 3.59. The molecule has 1 aromatic carbocycles. The molecule has 20 heavy (non-hydrogen) atoms. The van der Waals surface area contributed by atoms with Gasteiger partial charge in [-0.15, -0.1) is 0 Å². The summed E-state index contributed by atoms with van der Waals surface area (Å²) < 4.78 is 13.1. The number of benzene rings is 1. The van der Waals surface area contributed by atoms with Crippen molar-refractivity contribution in [2.75, 3.05) is 6.54 Å². The van der Waals surface area contributed by atoms with E-state index in [0.717, 1.165) is 42.3 Å². The fraction of sp³-hybridized carbons (Fsp3) is 0.375. The van der Waals surface area contributed by atoms with E-state index in [-0.39, 0.29) is 11.7 Å². The summed E-state index contributed by atoms with van der Waals surface area (Å²) in [4.78, 5) is 9.39. The topological polar surface area (TPSA) is 37.8 Å². The van der Waals surface area contributed by atoms with E-state index in [0.29, 0.717) is 0 Å². The second kappa shape index (κ2) is 5.29. The Bertz CT molecular complexity index is 620. The van der Waals surface area contributed by atoms with E-state index in [1.54, 1.807) is 12.1 Å². The molecule has 0 atom stereocenters. The average Bonchev–Trinajstić information content (AvgIpc) is 2.47. The van der Waals surface area contributed by atoms with E-state index in [9.17, 15) is 4.39 Å². The first-order valence-electron chi connectivity index (χ1n) is 7.01. The molecule has 2 heterocycles. The van der Waals surface area contributed by atoms with Gasteiger partial charge in [-0.2, -0.15) is 0 Å². The molecule has 1 aliphatic rings. The van der Waals surface area contributed by atoms with Crippen LogP contribution in [0.25, 0.3) is 11.3 Å². The lowest BCUT2D eigenvalue weighted by Gasteiger charge is -2.21. The summed E-state index contributed by atoms with van der Waals surface area (Å²) >= 11 is 0. The minimum Gasteiger partial charge on any atom is -0.311 e. The smallest absolute Gasteiger partial charge is 0.131 e. The molecule has 1 aliphatic heterocycles. The highest BCUT2D eigenvalue weighted by Gasteiger charge is 2.19. The molecule has 0 radical (unpaired) electrons. The first-order chi connectivity index (χ1) is 9.65. The molecule has 0 amide bonds. The SMILES string of the molecule is CC(C)c1nc2c(c(-c3ccc(F)cc3)n1)CCNC2. The lowest BCUT2D eigenvalue weighted by Crippen LogP contribution is -2.26. The molecule has 1 aromatic heterocycles. The van der Waals surface area contributed by atoms with E-state index >= 15 is 0 Å². The lowest BCUT2D eigenvalue weighted by molar-refractivity contribution is 0.612. The Labute approximate surface area is 118 Å². The monoisotopic (exact) mass is 271 g/mol. The van der Waals surface area contributed by atoms with Crippen LogP contribution in [0.2, 0.25) is 0 Å². The van der Waals surface area contributed by atoms with Crippen molar-refractivity contribution in [3.05, 3.63) is 47.2 Å². The number of nitrogens with zero attached hydrogens (tertiary/aromatic N) is 2. The maximum atomic E-state index is 13.1. The summed E-state index contributed by atoms with van der Waals surface area (Å²) in [6.45, 7) is 5.90. The summed E-state index contributed by atoms with van der Waals surface area (Å²) in [5.74, 6) is 0.913. The van der Waals surface area contributed by atoms with Gasteiger partial charge in [0.05, 0.1) is 11.4 Å². The lowest BCUT2D eigenvalue weighted by atomic mass is 9.98. The van der Waals surface area contributed by atoms with E-state index in [4.69, 9.17) is 4.98 Å². The van der Waals surface area contributed by atoms with Gasteiger partial charge in [-0.1, -0.05) is 13.8 Å². The second-order valence-electron chi connectivity index (χ2n) is 5.44. The van der Waals surface area contributed by atoms with Gasteiger partial charge in [-0.25, -0.2) is 14.4 Å². The molecule has 0 bridgehead atoms. The molecule has 0 unspecified atom stereocenters. The minimum atomic E-state index is -0.220. The second-order valence-corrected chi connectivity index (χ2v) is 5.44. The first-order valence-corrected chi connectivity index (χ1v) is 7.01. The summed E-state index contributed by atoms with van der Waals surface area (Å²) in [6, 6.07) is 6.56. The largest absolute Gasteiger partial charge is 0.311 e. The van der Waals surface area contributed by atoms with Crippen LogP contribution >= 0.6 is 0 Å². The summed E-state index contributed by atoms with van der Waals surface area (Å²) in [7, 11) is 0. The van der Waals surface area contributed by atoms with Crippen molar-refractivity contribution in [2.24, 2.45) is 0 Å². The van der Waals surface area contributed by atoms with Crippen LogP contribution in [0.3, 0.4) is 0 Å². The number of halogens is 1. The number of hydrogen-bond donors (Lipinski definition) is 1. The number of rotatable bonds is 2. The molecule has 0 spiro atoms. The van der Waals surface area contributed by atoms with E-state index in [1.807, 2.05) is 0 Å². The maximum Gasteiger partial charge on any atom is 0.131 e. The summed E-state index contributed by atoms with van der Waals surface area (Å²) in [6.07, 6.45) is 0.917. The van der Waals surface area contributed by atoms with Gasteiger partial charge in [0.15, 0.2) is 0 Å². The van der Waals surface area contributed by atoms with Crippen molar-refractivity contribution in [1.82, 2.24) is 15.3 Å². The highest BCUT2D eigenvalue weighted by atomic mass is 19.1. The standard InChI is InChI=1S/C16H18FN3/c1-10(2)16-19-14-9-18-8-7-13(14)15(20-16)11-3-5-12(17)6-4-11/h3-6,10,18H,7-9H2,1-2H3. The normalized spacial score (nSPS) is 14.4. The van der Waals surface area contributed by atoms with Crippen molar-refractivity contribution < 1.29 is 4.39 Å². The Balaban J connectivity index is 2.17. The molecule has 3 rings (SSSR count). The van der Waals surface area contributed by atoms with Gasteiger partial charge >= 0.3 is 0 Å². The van der Waals surface area contributed by atoms with Crippen LogP contribution in [0.5, 0.6) is 0 Å². The highest BCUT2D eigenvalue weighted by Crippen LogP contribution is 2.27. The summed E-state index contributed by atoms with van der Waals surface area (Å²) in [5, 5.41) is 3.34. The number of fused-ring (bicyclic) bond motifs is 1. The molecule has 4 heteroatoms. The highest BCUT2D eigenvalue weighted by molar-refractivity contribution is 5.64. The average molecular weight is 271 g/mol. The minimum absolute atomic E-state index is 0.220. The zero-order valence-corrected chi connectivity index (χ0v) is 11.8. The van der Waals surface area contributed by atoms with Gasteiger partial charge in [0.1, 0.15) is 11.6 Å². The third kappa shape index (κ3) is 2.43. The molecule has 3 nitrogen and oxygen atoms in total.